The van der Waals surface area contributed by atoms with Gasteiger partial charge in [-0.15, -0.1) is 5.10 Å². The van der Waals surface area contributed by atoms with Crippen LogP contribution in [0.2, 0.25) is 0 Å². The summed E-state index contributed by atoms with van der Waals surface area (Å²) in [6, 6.07) is 7.27. The van der Waals surface area contributed by atoms with Crippen LogP contribution in [0.25, 0.3) is 0 Å². The fourth-order valence-corrected chi connectivity index (χ4v) is 1.62. The van der Waals surface area contributed by atoms with Crippen LogP contribution in [-0.4, -0.2) is 43.9 Å². The van der Waals surface area contributed by atoms with E-state index in [1.54, 1.807) is 14.0 Å². The topological polar surface area (TPSA) is 60.4 Å². The highest BCUT2D eigenvalue weighted by Gasteiger charge is 2.21. The normalized spacial score (nSPS) is 14.4. The van der Waals surface area contributed by atoms with E-state index in [1.807, 2.05) is 24.3 Å². The van der Waals surface area contributed by atoms with Crippen LogP contribution >= 0.6 is 0 Å². The predicted molar refractivity (Wildman–Crippen MR) is 69.2 cm³/mol. The minimum atomic E-state index is -0.461. The van der Waals surface area contributed by atoms with Gasteiger partial charge in [0.15, 0.2) is 0 Å². The molecule has 1 aromatic carbocycles. The number of hydrogen-bond donors (Lipinski definition) is 0. The third-order valence-electron chi connectivity index (χ3n) is 2.57. The molecular weight excluding hydrogens is 248 g/mol. The molecule has 19 heavy (non-hydrogen) atoms. The first-order valence-corrected chi connectivity index (χ1v) is 6.04. The molecule has 1 aliphatic rings. The lowest BCUT2D eigenvalue weighted by molar-refractivity contribution is 0.0905. The maximum absolute atomic E-state index is 11.6. The SMILES string of the molecule is CCOC(=O)N1CCOC(c2ccc(OC)cc2)=N1. The second kappa shape index (κ2) is 6.08. The second-order valence-electron chi connectivity index (χ2n) is 3.80. The Morgan fingerprint density at radius 1 is 1.42 bits per heavy atom. The van der Waals surface area contributed by atoms with Gasteiger partial charge in [-0.05, 0) is 31.2 Å². The van der Waals surface area contributed by atoms with Crippen LogP contribution in [-0.2, 0) is 9.47 Å². The molecule has 0 bridgehead atoms. The van der Waals surface area contributed by atoms with E-state index in [9.17, 15) is 4.79 Å². The fourth-order valence-electron chi connectivity index (χ4n) is 1.62. The molecule has 0 N–H and O–H groups in total. The highest BCUT2D eigenvalue weighted by Crippen LogP contribution is 2.15. The standard InChI is InChI=1S/C13H16N2O4/c1-3-18-13(16)15-8-9-19-12(14-15)10-4-6-11(17-2)7-5-10/h4-7H,3,8-9H2,1-2H3. The van der Waals surface area contributed by atoms with Gasteiger partial charge in [-0.1, -0.05) is 0 Å². The number of nitrogens with zero attached hydrogens (tertiary/aromatic N) is 2. The zero-order valence-corrected chi connectivity index (χ0v) is 11.0. The molecule has 102 valence electrons. The first kappa shape index (κ1) is 13.2. The number of benzene rings is 1. The van der Waals surface area contributed by atoms with Gasteiger partial charge in [-0.25, -0.2) is 4.79 Å². The summed E-state index contributed by atoms with van der Waals surface area (Å²) < 4.78 is 15.4. The average molecular weight is 264 g/mol. The molecule has 0 radical (unpaired) electrons. The van der Waals surface area contributed by atoms with Gasteiger partial charge < -0.3 is 14.2 Å². The molecule has 1 aliphatic heterocycles. The quantitative estimate of drug-likeness (QED) is 0.835. The van der Waals surface area contributed by atoms with Crippen molar-refractivity contribution in [3.8, 4) is 5.75 Å². The zero-order valence-electron chi connectivity index (χ0n) is 11.0. The molecule has 1 heterocycles. The molecule has 0 fully saturated rings. The van der Waals surface area contributed by atoms with Gasteiger partial charge in [-0.3, -0.25) is 0 Å². The van der Waals surface area contributed by atoms with Crippen molar-refractivity contribution in [1.29, 1.82) is 0 Å². The van der Waals surface area contributed by atoms with E-state index < -0.39 is 6.09 Å². The summed E-state index contributed by atoms with van der Waals surface area (Å²) in [5.74, 6) is 1.16. The van der Waals surface area contributed by atoms with Gasteiger partial charge in [0.05, 0.1) is 20.3 Å². The summed E-state index contributed by atoms with van der Waals surface area (Å²) in [7, 11) is 1.60. The minimum absolute atomic E-state index is 0.323. The number of hydrogen-bond acceptors (Lipinski definition) is 5. The molecule has 6 heteroatoms. The Bertz CT molecular complexity index is 470. The van der Waals surface area contributed by atoms with Crippen LogP contribution in [0, 0.1) is 0 Å². The van der Waals surface area contributed by atoms with E-state index in [0.29, 0.717) is 25.7 Å². The number of carbonyl (C=O) groups excluding carboxylic acids is 1. The highest BCUT2D eigenvalue weighted by molar-refractivity contribution is 5.95. The third-order valence-corrected chi connectivity index (χ3v) is 2.57. The molecule has 2 rings (SSSR count). The molecule has 1 amide bonds. The molecule has 1 aromatic rings. The molecule has 0 saturated heterocycles. The Balaban J connectivity index is 2.15. The highest BCUT2D eigenvalue weighted by atomic mass is 16.6. The number of methoxy groups -OCH3 is 1. The monoisotopic (exact) mass is 264 g/mol. The van der Waals surface area contributed by atoms with Crippen molar-refractivity contribution in [2.75, 3.05) is 26.9 Å². The number of rotatable bonds is 3. The first-order valence-electron chi connectivity index (χ1n) is 6.04. The van der Waals surface area contributed by atoms with Gasteiger partial charge in [0.25, 0.3) is 0 Å². The predicted octanol–water partition coefficient (Wildman–Crippen LogP) is 1.85. The van der Waals surface area contributed by atoms with E-state index in [4.69, 9.17) is 14.2 Å². The van der Waals surface area contributed by atoms with Crippen molar-refractivity contribution in [2.24, 2.45) is 5.10 Å². The zero-order chi connectivity index (χ0) is 13.7. The summed E-state index contributed by atoms with van der Waals surface area (Å²) in [5, 5.41) is 5.41. The van der Waals surface area contributed by atoms with E-state index in [0.717, 1.165) is 11.3 Å². The summed E-state index contributed by atoms with van der Waals surface area (Å²) in [5.41, 5.74) is 0.787. The van der Waals surface area contributed by atoms with Gasteiger partial charge in [0.2, 0.25) is 5.90 Å². The van der Waals surface area contributed by atoms with Crippen molar-refractivity contribution in [2.45, 2.75) is 6.92 Å². The summed E-state index contributed by atoms with van der Waals surface area (Å²) in [6.45, 7) is 2.86. The smallest absolute Gasteiger partial charge is 0.430 e. The number of ether oxygens (including phenoxy) is 3. The van der Waals surface area contributed by atoms with Crippen molar-refractivity contribution < 1.29 is 19.0 Å². The second-order valence-corrected chi connectivity index (χ2v) is 3.80. The van der Waals surface area contributed by atoms with Gasteiger partial charge in [0.1, 0.15) is 12.4 Å². The summed E-state index contributed by atoms with van der Waals surface area (Å²) in [4.78, 5) is 11.6. The lowest BCUT2D eigenvalue weighted by Gasteiger charge is -2.23. The maximum Gasteiger partial charge on any atom is 0.430 e. The van der Waals surface area contributed by atoms with Crippen LogP contribution < -0.4 is 4.74 Å². The Labute approximate surface area is 111 Å². The maximum atomic E-state index is 11.6. The molecule has 0 saturated carbocycles. The molecule has 0 aliphatic carbocycles. The van der Waals surface area contributed by atoms with Gasteiger partial charge >= 0.3 is 6.09 Å². The van der Waals surface area contributed by atoms with Crippen molar-refractivity contribution in [1.82, 2.24) is 5.01 Å². The van der Waals surface area contributed by atoms with Crippen LogP contribution in [0.4, 0.5) is 4.79 Å². The molecule has 0 unspecified atom stereocenters. The van der Waals surface area contributed by atoms with E-state index in [-0.39, 0.29) is 0 Å². The number of hydrazone groups is 1. The third kappa shape index (κ3) is 3.15. The molecular formula is C13H16N2O4. The van der Waals surface area contributed by atoms with Crippen molar-refractivity contribution >= 4 is 12.0 Å². The Kier molecular flexibility index (Phi) is 4.22. The van der Waals surface area contributed by atoms with E-state index in [2.05, 4.69) is 5.10 Å². The van der Waals surface area contributed by atoms with Crippen LogP contribution in [0.15, 0.2) is 29.4 Å². The van der Waals surface area contributed by atoms with E-state index in [1.165, 1.54) is 5.01 Å². The van der Waals surface area contributed by atoms with Gasteiger partial charge in [0, 0.05) is 5.56 Å². The van der Waals surface area contributed by atoms with E-state index >= 15 is 0 Å². The van der Waals surface area contributed by atoms with Crippen LogP contribution in [0.5, 0.6) is 5.75 Å². The largest absolute Gasteiger partial charge is 0.497 e. The molecule has 6 nitrogen and oxygen atoms in total. The Morgan fingerprint density at radius 3 is 2.79 bits per heavy atom. The fraction of sp³-hybridized carbons (Fsp3) is 0.385. The van der Waals surface area contributed by atoms with Crippen LogP contribution in [0.1, 0.15) is 12.5 Å². The number of amides is 1. The summed E-state index contributed by atoms with van der Waals surface area (Å²) in [6.07, 6.45) is -0.461. The summed E-state index contributed by atoms with van der Waals surface area (Å²) >= 11 is 0. The van der Waals surface area contributed by atoms with Gasteiger partial charge in [-0.2, -0.15) is 5.01 Å². The molecule has 0 aromatic heterocycles. The lowest BCUT2D eigenvalue weighted by atomic mass is 10.2. The molecule has 0 atom stereocenters. The van der Waals surface area contributed by atoms with Crippen LogP contribution in [0.3, 0.4) is 0 Å². The van der Waals surface area contributed by atoms with Crippen molar-refractivity contribution in [3.63, 3.8) is 0 Å². The Morgan fingerprint density at radius 2 is 2.16 bits per heavy atom. The average Bonchev–Trinajstić information content (AvgIpc) is 2.48. The van der Waals surface area contributed by atoms with Crippen molar-refractivity contribution in [3.05, 3.63) is 29.8 Å². The minimum Gasteiger partial charge on any atom is -0.497 e. The first-order chi connectivity index (χ1) is 9.24. The molecule has 0 spiro atoms. The lowest BCUT2D eigenvalue weighted by Crippen LogP contribution is -2.36. The Hall–Kier alpha value is -2.24. The number of carbonyl (C=O) groups is 1.